The normalized spacial score (nSPS) is 18.1. The maximum atomic E-state index is 11.8. The SMILES string of the molecule is CCc1ccc(C2=CC(c3ccccc3O)NC(c3ccc(C(=O)OC)cc3)N2)cc1. The fourth-order valence-corrected chi connectivity index (χ4v) is 3.78. The van der Waals surface area contributed by atoms with Crippen molar-refractivity contribution in [3.05, 3.63) is 107 Å². The summed E-state index contributed by atoms with van der Waals surface area (Å²) >= 11 is 0. The highest BCUT2D eigenvalue weighted by Crippen LogP contribution is 2.33. The molecule has 0 fully saturated rings. The second-order valence-corrected chi connectivity index (χ2v) is 7.52. The van der Waals surface area contributed by atoms with Crippen LogP contribution in [0.25, 0.3) is 5.70 Å². The summed E-state index contributed by atoms with van der Waals surface area (Å²) in [7, 11) is 1.37. The molecule has 3 aromatic carbocycles. The predicted octanol–water partition coefficient (Wildman–Crippen LogP) is 4.72. The number of nitrogens with one attached hydrogen (secondary N) is 2. The van der Waals surface area contributed by atoms with Crippen molar-refractivity contribution in [3.63, 3.8) is 0 Å². The Morgan fingerprint density at radius 1 is 1.00 bits per heavy atom. The lowest BCUT2D eigenvalue weighted by Gasteiger charge is -2.33. The van der Waals surface area contributed by atoms with Gasteiger partial charge in [0.1, 0.15) is 11.9 Å². The number of methoxy groups -OCH3 is 1. The van der Waals surface area contributed by atoms with Crippen molar-refractivity contribution in [2.45, 2.75) is 25.6 Å². The summed E-state index contributed by atoms with van der Waals surface area (Å²) in [4.78, 5) is 11.8. The Labute approximate surface area is 182 Å². The van der Waals surface area contributed by atoms with Crippen LogP contribution in [0, 0.1) is 0 Å². The Hall–Kier alpha value is -3.57. The zero-order valence-electron chi connectivity index (χ0n) is 17.6. The van der Waals surface area contributed by atoms with Gasteiger partial charge in [-0.1, -0.05) is 61.5 Å². The summed E-state index contributed by atoms with van der Waals surface area (Å²) in [5, 5.41) is 17.5. The molecule has 2 atom stereocenters. The molecule has 31 heavy (non-hydrogen) atoms. The molecule has 0 saturated carbocycles. The standard InChI is InChI=1S/C26H26N2O3/c1-3-17-8-10-18(11-9-17)22-16-23(21-6-4-5-7-24(21)29)28-25(27-22)19-12-14-20(15-13-19)26(30)31-2/h4-16,23,25,27-29H,3H2,1-2H3. The van der Waals surface area contributed by atoms with E-state index in [2.05, 4.69) is 47.9 Å². The summed E-state index contributed by atoms with van der Waals surface area (Å²) in [6.45, 7) is 2.14. The second kappa shape index (κ2) is 9.06. The molecule has 158 valence electrons. The van der Waals surface area contributed by atoms with Crippen LogP contribution >= 0.6 is 0 Å². The summed E-state index contributed by atoms with van der Waals surface area (Å²) < 4.78 is 4.80. The molecule has 5 heteroatoms. The Morgan fingerprint density at radius 2 is 1.71 bits per heavy atom. The van der Waals surface area contributed by atoms with E-state index in [1.165, 1.54) is 12.7 Å². The maximum absolute atomic E-state index is 11.8. The van der Waals surface area contributed by atoms with Gasteiger partial charge in [0.15, 0.2) is 0 Å². The molecule has 0 aliphatic carbocycles. The number of carbonyl (C=O) groups is 1. The van der Waals surface area contributed by atoms with Gasteiger partial charge in [0.25, 0.3) is 0 Å². The van der Waals surface area contributed by atoms with Gasteiger partial charge in [-0.05, 0) is 47.4 Å². The molecular weight excluding hydrogens is 388 g/mol. The van der Waals surface area contributed by atoms with Crippen LogP contribution in [0.15, 0.2) is 78.9 Å². The van der Waals surface area contributed by atoms with Gasteiger partial charge in [0.2, 0.25) is 0 Å². The van der Waals surface area contributed by atoms with Gasteiger partial charge in [0.05, 0.1) is 18.7 Å². The number of aryl methyl sites for hydroxylation is 1. The number of hydrogen-bond donors (Lipinski definition) is 3. The summed E-state index contributed by atoms with van der Waals surface area (Å²) in [6, 6.07) is 23.0. The van der Waals surface area contributed by atoms with Crippen LogP contribution in [-0.4, -0.2) is 18.2 Å². The fourth-order valence-electron chi connectivity index (χ4n) is 3.78. The third kappa shape index (κ3) is 4.47. The van der Waals surface area contributed by atoms with E-state index < -0.39 is 0 Å². The van der Waals surface area contributed by atoms with Crippen LogP contribution < -0.4 is 10.6 Å². The van der Waals surface area contributed by atoms with Crippen molar-refractivity contribution in [2.24, 2.45) is 0 Å². The van der Waals surface area contributed by atoms with Crippen molar-refractivity contribution in [1.29, 1.82) is 0 Å². The van der Waals surface area contributed by atoms with Gasteiger partial charge in [-0.3, -0.25) is 5.32 Å². The number of esters is 1. The van der Waals surface area contributed by atoms with Crippen molar-refractivity contribution in [1.82, 2.24) is 10.6 Å². The summed E-state index contributed by atoms with van der Waals surface area (Å²) in [5.74, 6) is -0.113. The highest BCUT2D eigenvalue weighted by molar-refractivity contribution is 5.89. The molecule has 0 amide bonds. The predicted molar refractivity (Wildman–Crippen MR) is 121 cm³/mol. The first-order valence-corrected chi connectivity index (χ1v) is 10.4. The van der Waals surface area contributed by atoms with E-state index in [4.69, 9.17) is 4.74 Å². The minimum Gasteiger partial charge on any atom is -0.508 e. The molecule has 3 aromatic rings. The average Bonchev–Trinajstić information content (AvgIpc) is 2.83. The summed E-state index contributed by atoms with van der Waals surface area (Å²) in [5.41, 5.74) is 5.63. The molecule has 0 saturated heterocycles. The average molecular weight is 415 g/mol. The van der Waals surface area contributed by atoms with E-state index in [9.17, 15) is 9.90 Å². The lowest BCUT2D eigenvalue weighted by molar-refractivity contribution is 0.0600. The molecule has 4 rings (SSSR count). The highest BCUT2D eigenvalue weighted by atomic mass is 16.5. The zero-order valence-corrected chi connectivity index (χ0v) is 17.6. The molecule has 3 N–H and O–H groups in total. The van der Waals surface area contributed by atoms with Crippen molar-refractivity contribution >= 4 is 11.7 Å². The summed E-state index contributed by atoms with van der Waals surface area (Å²) in [6.07, 6.45) is 2.88. The van der Waals surface area contributed by atoms with E-state index >= 15 is 0 Å². The number of phenolic OH excluding ortho intramolecular Hbond substituents is 1. The monoisotopic (exact) mass is 414 g/mol. The van der Waals surface area contributed by atoms with Gasteiger partial charge in [-0.15, -0.1) is 0 Å². The Bertz CT molecular complexity index is 1090. The van der Waals surface area contributed by atoms with E-state index in [0.717, 1.165) is 28.8 Å². The molecule has 1 aliphatic rings. The Morgan fingerprint density at radius 3 is 2.35 bits per heavy atom. The van der Waals surface area contributed by atoms with Gasteiger partial charge in [-0.2, -0.15) is 0 Å². The van der Waals surface area contributed by atoms with E-state index in [0.29, 0.717) is 5.56 Å². The number of benzene rings is 3. The highest BCUT2D eigenvalue weighted by Gasteiger charge is 2.25. The van der Waals surface area contributed by atoms with Gasteiger partial charge >= 0.3 is 5.97 Å². The number of ether oxygens (including phenoxy) is 1. The minimum absolute atomic E-state index is 0.186. The zero-order chi connectivity index (χ0) is 21.8. The molecule has 1 aliphatic heterocycles. The van der Waals surface area contributed by atoms with Crippen molar-refractivity contribution < 1.29 is 14.6 Å². The molecule has 0 spiro atoms. The van der Waals surface area contributed by atoms with E-state index in [1.807, 2.05) is 30.3 Å². The molecule has 0 radical (unpaired) electrons. The van der Waals surface area contributed by atoms with Gasteiger partial charge in [-0.25, -0.2) is 4.79 Å². The molecule has 5 nitrogen and oxygen atoms in total. The molecule has 1 heterocycles. The third-order valence-corrected chi connectivity index (χ3v) is 5.59. The van der Waals surface area contributed by atoms with Gasteiger partial charge < -0.3 is 15.2 Å². The maximum Gasteiger partial charge on any atom is 0.337 e. The van der Waals surface area contributed by atoms with Crippen LogP contribution in [0.5, 0.6) is 5.75 Å². The molecule has 0 bridgehead atoms. The Kier molecular flexibility index (Phi) is 6.05. The number of rotatable bonds is 5. The third-order valence-electron chi connectivity index (χ3n) is 5.59. The first kappa shape index (κ1) is 20.7. The van der Waals surface area contributed by atoms with Crippen LogP contribution in [0.3, 0.4) is 0 Å². The smallest absolute Gasteiger partial charge is 0.337 e. The number of phenols is 1. The van der Waals surface area contributed by atoms with E-state index in [-0.39, 0.29) is 23.9 Å². The number of carbonyl (C=O) groups excluding carboxylic acids is 1. The van der Waals surface area contributed by atoms with Crippen molar-refractivity contribution in [2.75, 3.05) is 7.11 Å². The second-order valence-electron chi connectivity index (χ2n) is 7.52. The molecule has 2 unspecified atom stereocenters. The van der Waals surface area contributed by atoms with Crippen molar-refractivity contribution in [3.8, 4) is 5.75 Å². The van der Waals surface area contributed by atoms with E-state index in [1.54, 1.807) is 18.2 Å². The number of aromatic hydroxyl groups is 1. The molecule has 0 aromatic heterocycles. The quantitative estimate of drug-likeness (QED) is 0.527. The fraction of sp³-hybridized carbons (Fsp3) is 0.192. The topological polar surface area (TPSA) is 70.6 Å². The first-order chi connectivity index (χ1) is 15.1. The number of para-hydroxylation sites is 1. The largest absolute Gasteiger partial charge is 0.508 e. The first-order valence-electron chi connectivity index (χ1n) is 10.4. The Balaban J connectivity index is 1.70. The number of hydrogen-bond acceptors (Lipinski definition) is 5. The van der Waals surface area contributed by atoms with Gasteiger partial charge in [0, 0.05) is 11.3 Å². The van der Waals surface area contributed by atoms with Crippen LogP contribution in [0.2, 0.25) is 0 Å². The molecular formula is C26H26N2O3. The van der Waals surface area contributed by atoms with Crippen LogP contribution in [0.1, 0.15) is 51.7 Å². The van der Waals surface area contributed by atoms with Crippen LogP contribution in [-0.2, 0) is 11.2 Å². The lowest BCUT2D eigenvalue weighted by atomic mass is 9.97. The minimum atomic E-state index is -0.361. The van der Waals surface area contributed by atoms with Crippen LogP contribution in [0.4, 0.5) is 0 Å². The lowest BCUT2D eigenvalue weighted by Crippen LogP contribution is -2.39.